The molecule has 3 rings (SSSR count). The van der Waals surface area contributed by atoms with Gasteiger partial charge in [0.1, 0.15) is 5.76 Å². The van der Waals surface area contributed by atoms with Crippen molar-refractivity contribution in [2.45, 2.75) is 32.4 Å². The van der Waals surface area contributed by atoms with Crippen molar-refractivity contribution in [3.63, 3.8) is 0 Å². The Labute approximate surface area is 126 Å². The van der Waals surface area contributed by atoms with Crippen molar-refractivity contribution in [1.29, 1.82) is 0 Å². The van der Waals surface area contributed by atoms with E-state index in [2.05, 4.69) is 15.9 Å². The van der Waals surface area contributed by atoms with Crippen molar-refractivity contribution >= 4 is 21.8 Å². The molecule has 0 saturated heterocycles. The van der Waals surface area contributed by atoms with Crippen LogP contribution >= 0.6 is 15.9 Å². The van der Waals surface area contributed by atoms with Gasteiger partial charge in [0.15, 0.2) is 0 Å². The Bertz CT molecular complexity index is 617. The molecule has 20 heavy (non-hydrogen) atoms. The minimum Gasteiger partial charge on any atom is -0.467 e. The standard InChI is InChI=1S/C16H16BrNO2/c1-11-4-7-14(15(17)9-11)16(19)18(12-5-6-12)10-13-3-2-8-20-13/h2-4,7-9,12H,5-6,10H2,1H3. The molecule has 0 N–H and O–H groups in total. The lowest BCUT2D eigenvalue weighted by atomic mass is 10.1. The van der Waals surface area contributed by atoms with Crippen LogP contribution in [0, 0.1) is 6.92 Å². The van der Waals surface area contributed by atoms with Crippen molar-refractivity contribution in [3.8, 4) is 0 Å². The Morgan fingerprint density at radius 3 is 2.80 bits per heavy atom. The lowest BCUT2D eigenvalue weighted by Crippen LogP contribution is -2.32. The maximum Gasteiger partial charge on any atom is 0.255 e. The van der Waals surface area contributed by atoms with Gasteiger partial charge in [-0.25, -0.2) is 0 Å². The van der Waals surface area contributed by atoms with E-state index in [0.717, 1.165) is 28.6 Å². The van der Waals surface area contributed by atoms with Gasteiger partial charge in [0, 0.05) is 10.5 Å². The molecule has 1 amide bonds. The first kappa shape index (κ1) is 13.4. The average Bonchev–Trinajstić information content (AvgIpc) is 3.12. The number of rotatable bonds is 4. The van der Waals surface area contributed by atoms with Crippen LogP contribution in [-0.4, -0.2) is 16.8 Å². The van der Waals surface area contributed by atoms with Gasteiger partial charge >= 0.3 is 0 Å². The summed E-state index contributed by atoms with van der Waals surface area (Å²) in [6, 6.07) is 9.95. The van der Waals surface area contributed by atoms with Gasteiger partial charge in [-0.15, -0.1) is 0 Å². The molecule has 2 aromatic rings. The van der Waals surface area contributed by atoms with Crippen LogP contribution in [0.25, 0.3) is 0 Å². The third kappa shape index (κ3) is 2.80. The first-order chi connectivity index (χ1) is 9.65. The molecule has 1 aromatic carbocycles. The summed E-state index contributed by atoms with van der Waals surface area (Å²) in [5.41, 5.74) is 1.85. The maximum absolute atomic E-state index is 12.7. The highest BCUT2D eigenvalue weighted by molar-refractivity contribution is 9.10. The van der Waals surface area contributed by atoms with Crippen molar-refractivity contribution < 1.29 is 9.21 Å². The number of halogens is 1. The molecular weight excluding hydrogens is 318 g/mol. The van der Waals surface area contributed by atoms with Crippen LogP contribution in [0.4, 0.5) is 0 Å². The summed E-state index contributed by atoms with van der Waals surface area (Å²) >= 11 is 3.49. The molecule has 1 heterocycles. The lowest BCUT2D eigenvalue weighted by Gasteiger charge is -2.22. The van der Waals surface area contributed by atoms with Crippen LogP contribution in [0.15, 0.2) is 45.5 Å². The predicted octanol–water partition coefficient (Wildman–Crippen LogP) is 4.16. The minimum absolute atomic E-state index is 0.0655. The summed E-state index contributed by atoms with van der Waals surface area (Å²) in [7, 11) is 0. The van der Waals surface area contributed by atoms with Crippen molar-refractivity contribution in [3.05, 3.63) is 58.0 Å². The normalized spacial score (nSPS) is 14.3. The quantitative estimate of drug-likeness (QED) is 0.841. The molecule has 0 radical (unpaired) electrons. The largest absolute Gasteiger partial charge is 0.467 e. The summed E-state index contributed by atoms with van der Waals surface area (Å²) in [5, 5.41) is 0. The number of benzene rings is 1. The van der Waals surface area contributed by atoms with Crippen molar-refractivity contribution in [2.75, 3.05) is 0 Å². The first-order valence-corrected chi connectivity index (χ1v) is 7.54. The zero-order chi connectivity index (χ0) is 14.1. The summed E-state index contributed by atoms with van der Waals surface area (Å²) < 4.78 is 6.23. The Morgan fingerprint density at radius 2 is 2.20 bits per heavy atom. The smallest absolute Gasteiger partial charge is 0.255 e. The van der Waals surface area contributed by atoms with E-state index >= 15 is 0 Å². The second kappa shape index (κ2) is 5.44. The Kier molecular flexibility index (Phi) is 3.66. The Balaban J connectivity index is 1.85. The minimum atomic E-state index is 0.0655. The summed E-state index contributed by atoms with van der Waals surface area (Å²) in [4.78, 5) is 14.6. The fourth-order valence-electron chi connectivity index (χ4n) is 2.27. The average molecular weight is 334 g/mol. The van der Waals surface area contributed by atoms with E-state index < -0.39 is 0 Å². The topological polar surface area (TPSA) is 33.5 Å². The molecule has 1 saturated carbocycles. The molecule has 0 aliphatic heterocycles. The van der Waals surface area contributed by atoms with Crippen molar-refractivity contribution in [1.82, 2.24) is 4.90 Å². The number of nitrogens with zero attached hydrogens (tertiary/aromatic N) is 1. The van der Waals surface area contributed by atoms with Gasteiger partial charge in [-0.05, 0) is 65.5 Å². The maximum atomic E-state index is 12.7. The van der Waals surface area contributed by atoms with E-state index in [1.54, 1.807) is 6.26 Å². The van der Waals surface area contributed by atoms with E-state index in [4.69, 9.17) is 4.42 Å². The highest BCUT2D eigenvalue weighted by Crippen LogP contribution is 2.31. The van der Waals surface area contributed by atoms with Gasteiger partial charge in [0.25, 0.3) is 5.91 Å². The first-order valence-electron chi connectivity index (χ1n) is 6.74. The number of amides is 1. The molecular formula is C16H16BrNO2. The molecule has 0 spiro atoms. The summed E-state index contributed by atoms with van der Waals surface area (Å²) in [5.74, 6) is 0.893. The second-order valence-corrected chi connectivity index (χ2v) is 6.08. The molecule has 0 atom stereocenters. The Hall–Kier alpha value is -1.55. The van der Waals surface area contributed by atoms with E-state index in [1.165, 1.54) is 0 Å². The molecule has 4 heteroatoms. The molecule has 1 aliphatic rings. The number of hydrogen-bond acceptors (Lipinski definition) is 2. The Morgan fingerprint density at radius 1 is 1.40 bits per heavy atom. The third-order valence-electron chi connectivity index (χ3n) is 3.51. The van der Waals surface area contributed by atoms with Gasteiger partial charge in [-0.2, -0.15) is 0 Å². The molecule has 3 nitrogen and oxygen atoms in total. The van der Waals surface area contributed by atoms with Gasteiger partial charge in [-0.3, -0.25) is 4.79 Å². The fourth-order valence-corrected chi connectivity index (χ4v) is 2.93. The van der Waals surface area contributed by atoms with E-state index in [0.29, 0.717) is 18.2 Å². The zero-order valence-electron chi connectivity index (χ0n) is 11.3. The molecule has 104 valence electrons. The van der Waals surface area contributed by atoms with Crippen molar-refractivity contribution in [2.24, 2.45) is 0 Å². The lowest BCUT2D eigenvalue weighted by molar-refractivity contribution is 0.0716. The number of carbonyl (C=O) groups is 1. The molecule has 1 fully saturated rings. The zero-order valence-corrected chi connectivity index (χ0v) is 12.9. The molecule has 1 aliphatic carbocycles. The highest BCUT2D eigenvalue weighted by atomic mass is 79.9. The number of hydrogen-bond donors (Lipinski definition) is 0. The fraction of sp³-hybridized carbons (Fsp3) is 0.312. The van der Waals surface area contributed by atoms with Gasteiger partial charge in [0.2, 0.25) is 0 Å². The monoisotopic (exact) mass is 333 g/mol. The number of aryl methyl sites for hydroxylation is 1. The SMILES string of the molecule is Cc1ccc(C(=O)N(Cc2ccco2)C2CC2)c(Br)c1. The summed E-state index contributed by atoms with van der Waals surface area (Å²) in [6.07, 6.45) is 3.80. The molecule has 1 aromatic heterocycles. The molecule has 0 bridgehead atoms. The van der Waals surface area contributed by atoms with Gasteiger partial charge < -0.3 is 9.32 Å². The van der Waals surface area contributed by atoms with Crippen LogP contribution in [-0.2, 0) is 6.54 Å². The van der Waals surface area contributed by atoms with Gasteiger partial charge in [-0.1, -0.05) is 6.07 Å². The third-order valence-corrected chi connectivity index (χ3v) is 4.17. The van der Waals surface area contributed by atoms with E-state index in [-0.39, 0.29) is 5.91 Å². The van der Waals surface area contributed by atoms with Crippen LogP contribution in [0.1, 0.15) is 34.5 Å². The predicted molar refractivity (Wildman–Crippen MR) is 80.5 cm³/mol. The van der Waals surface area contributed by atoms with E-state index in [1.807, 2.05) is 42.2 Å². The van der Waals surface area contributed by atoms with Crippen LogP contribution in [0.2, 0.25) is 0 Å². The van der Waals surface area contributed by atoms with Crippen LogP contribution in [0.3, 0.4) is 0 Å². The highest BCUT2D eigenvalue weighted by Gasteiger charge is 2.34. The van der Waals surface area contributed by atoms with E-state index in [9.17, 15) is 4.79 Å². The number of furan rings is 1. The van der Waals surface area contributed by atoms with Crippen LogP contribution in [0.5, 0.6) is 0 Å². The van der Waals surface area contributed by atoms with Gasteiger partial charge in [0.05, 0.1) is 18.4 Å². The second-order valence-electron chi connectivity index (χ2n) is 5.23. The van der Waals surface area contributed by atoms with Crippen LogP contribution < -0.4 is 0 Å². The number of carbonyl (C=O) groups excluding carboxylic acids is 1. The summed E-state index contributed by atoms with van der Waals surface area (Å²) in [6.45, 7) is 2.55. The molecule has 0 unspecified atom stereocenters.